The summed E-state index contributed by atoms with van der Waals surface area (Å²) in [5.74, 6) is -4.72. The van der Waals surface area contributed by atoms with E-state index >= 15 is 0 Å². The van der Waals surface area contributed by atoms with Gasteiger partial charge in [0.25, 0.3) is 5.91 Å². The van der Waals surface area contributed by atoms with E-state index in [1.807, 2.05) is 0 Å². The molecule has 0 atom stereocenters. The fraction of sp³-hybridized carbons (Fsp3) is 0.263. The zero-order valence-corrected chi connectivity index (χ0v) is 14.1. The van der Waals surface area contributed by atoms with Crippen LogP contribution in [0.25, 0.3) is 0 Å². The highest BCUT2D eigenvalue weighted by atomic mass is 19.1. The van der Waals surface area contributed by atoms with Crippen molar-refractivity contribution in [3.8, 4) is 0 Å². The monoisotopic (exact) mass is 380 g/mol. The summed E-state index contributed by atoms with van der Waals surface area (Å²) in [5.41, 5.74) is -0.209. The number of benzene rings is 2. The Morgan fingerprint density at radius 1 is 0.889 bits per heavy atom. The molecule has 1 fully saturated rings. The first-order chi connectivity index (χ1) is 12.8. The van der Waals surface area contributed by atoms with Crippen LogP contribution < -0.4 is 5.32 Å². The standard InChI is InChI=1S/C19H16F4N2O2/c20-12-1-2-16(17(23)10-12)19(27)25-5-3-11(4-6-25)18(26)24-15-8-13(21)7-14(22)9-15/h1-2,7-11H,3-6H2,(H,24,26). The van der Waals surface area contributed by atoms with Crippen LogP contribution in [0.5, 0.6) is 0 Å². The van der Waals surface area contributed by atoms with Gasteiger partial charge in [-0.3, -0.25) is 9.59 Å². The maximum Gasteiger partial charge on any atom is 0.256 e. The van der Waals surface area contributed by atoms with Gasteiger partial charge in [-0.1, -0.05) is 0 Å². The summed E-state index contributed by atoms with van der Waals surface area (Å²) in [4.78, 5) is 26.0. The lowest BCUT2D eigenvalue weighted by molar-refractivity contribution is -0.121. The van der Waals surface area contributed by atoms with Gasteiger partial charge in [-0.15, -0.1) is 0 Å². The summed E-state index contributed by atoms with van der Waals surface area (Å²) in [5, 5.41) is 2.46. The number of nitrogens with zero attached hydrogens (tertiary/aromatic N) is 1. The Bertz CT molecular complexity index is 860. The third-order valence-corrected chi connectivity index (χ3v) is 4.44. The van der Waals surface area contributed by atoms with E-state index in [1.54, 1.807) is 0 Å². The van der Waals surface area contributed by atoms with Crippen molar-refractivity contribution in [3.05, 3.63) is 65.2 Å². The highest BCUT2D eigenvalue weighted by Crippen LogP contribution is 2.22. The van der Waals surface area contributed by atoms with Crippen molar-refractivity contribution in [1.82, 2.24) is 4.90 Å². The smallest absolute Gasteiger partial charge is 0.256 e. The fourth-order valence-electron chi connectivity index (χ4n) is 3.05. The number of hydrogen-bond acceptors (Lipinski definition) is 2. The Hall–Kier alpha value is -2.90. The number of hydrogen-bond donors (Lipinski definition) is 1. The van der Waals surface area contributed by atoms with Crippen LogP contribution in [0.1, 0.15) is 23.2 Å². The topological polar surface area (TPSA) is 49.4 Å². The van der Waals surface area contributed by atoms with E-state index in [9.17, 15) is 27.2 Å². The Kier molecular flexibility index (Phi) is 5.43. The van der Waals surface area contributed by atoms with Gasteiger partial charge in [0.2, 0.25) is 5.91 Å². The van der Waals surface area contributed by atoms with Gasteiger partial charge in [0.1, 0.15) is 23.3 Å². The first-order valence-electron chi connectivity index (χ1n) is 8.35. The van der Waals surface area contributed by atoms with Gasteiger partial charge in [0.15, 0.2) is 0 Å². The van der Waals surface area contributed by atoms with E-state index in [1.165, 1.54) is 4.90 Å². The van der Waals surface area contributed by atoms with Gasteiger partial charge in [-0.05, 0) is 37.1 Å². The molecule has 0 unspecified atom stereocenters. The van der Waals surface area contributed by atoms with Crippen LogP contribution >= 0.6 is 0 Å². The molecule has 2 aromatic rings. The number of halogens is 4. The van der Waals surface area contributed by atoms with Crippen molar-refractivity contribution in [3.63, 3.8) is 0 Å². The molecule has 0 radical (unpaired) electrons. The predicted molar refractivity (Wildman–Crippen MR) is 90.0 cm³/mol. The highest BCUT2D eigenvalue weighted by molar-refractivity contribution is 5.95. The summed E-state index contributed by atoms with van der Waals surface area (Å²) in [6.45, 7) is 0.427. The van der Waals surface area contributed by atoms with Crippen molar-refractivity contribution in [2.24, 2.45) is 5.92 Å². The van der Waals surface area contributed by atoms with Crippen molar-refractivity contribution in [2.45, 2.75) is 12.8 Å². The molecule has 1 saturated heterocycles. The van der Waals surface area contributed by atoms with E-state index in [4.69, 9.17) is 0 Å². The SMILES string of the molecule is O=C(Nc1cc(F)cc(F)c1)C1CCN(C(=O)c2ccc(F)cc2F)CC1. The fourth-order valence-corrected chi connectivity index (χ4v) is 3.05. The van der Waals surface area contributed by atoms with Crippen LogP contribution in [0.3, 0.4) is 0 Å². The van der Waals surface area contributed by atoms with Crippen molar-refractivity contribution in [2.75, 3.05) is 18.4 Å². The Balaban J connectivity index is 1.59. The molecule has 1 N–H and O–H groups in total. The van der Waals surface area contributed by atoms with Crippen LogP contribution in [0, 0.1) is 29.2 Å². The van der Waals surface area contributed by atoms with E-state index in [2.05, 4.69) is 5.32 Å². The highest BCUT2D eigenvalue weighted by Gasteiger charge is 2.29. The second-order valence-electron chi connectivity index (χ2n) is 6.34. The van der Waals surface area contributed by atoms with Gasteiger partial charge >= 0.3 is 0 Å². The summed E-state index contributed by atoms with van der Waals surface area (Å²) >= 11 is 0. The van der Waals surface area contributed by atoms with Crippen LogP contribution in [-0.4, -0.2) is 29.8 Å². The number of nitrogens with one attached hydrogen (secondary N) is 1. The summed E-state index contributed by atoms with van der Waals surface area (Å²) in [6, 6.07) is 5.46. The average Bonchev–Trinajstić information content (AvgIpc) is 2.60. The van der Waals surface area contributed by atoms with Crippen LogP contribution in [0.4, 0.5) is 23.2 Å². The molecule has 4 nitrogen and oxygen atoms in total. The lowest BCUT2D eigenvalue weighted by Gasteiger charge is -2.31. The molecule has 2 aromatic carbocycles. The Morgan fingerprint density at radius 3 is 2.11 bits per heavy atom. The number of likely N-dealkylation sites (tertiary alicyclic amines) is 1. The van der Waals surface area contributed by atoms with Crippen molar-refractivity contribution >= 4 is 17.5 Å². The molecule has 2 amide bonds. The maximum atomic E-state index is 13.8. The Morgan fingerprint density at radius 2 is 1.52 bits per heavy atom. The summed E-state index contributed by atoms with van der Waals surface area (Å²) < 4.78 is 53.1. The lowest BCUT2D eigenvalue weighted by Crippen LogP contribution is -2.41. The molecule has 1 aliphatic rings. The number of carbonyl (C=O) groups is 2. The lowest BCUT2D eigenvalue weighted by atomic mass is 9.95. The second-order valence-corrected chi connectivity index (χ2v) is 6.34. The molecule has 0 aromatic heterocycles. The first kappa shape index (κ1) is 18.9. The minimum absolute atomic E-state index is 0.0180. The quantitative estimate of drug-likeness (QED) is 0.825. The zero-order chi connectivity index (χ0) is 19.6. The van der Waals surface area contributed by atoms with Gasteiger partial charge in [0.05, 0.1) is 5.56 Å². The molecule has 3 rings (SSSR count). The van der Waals surface area contributed by atoms with E-state index in [0.717, 1.165) is 24.3 Å². The average molecular weight is 380 g/mol. The molecular formula is C19H16F4N2O2. The van der Waals surface area contributed by atoms with Crippen LogP contribution in [-0.2, 0) is 4.79 Å². The van der Waals surface area contributed by atoms with Gasteiger partial charge in [-0.25, -0.2) is 17.6 Å². The second kappa shape index (κ2) is 7.77. The number of amides is 2. The number of anilines is 1. The first-order valence-corrected chi connectivity index (χ1v) is 8.35. The number of rotatable bonds is 3. The van der Waals surface area contributed by atoms with Gasteiger partial charge < -0.3 is 10.2 Å². The van der Waals surface area contributed by atoms with Crippen molar-refractivity contribution in [1.29, 1.82) is 0 Å². The van der Waals surface area contributed by atoms with E-state index in [0.29, 0.717) is 25.0 Å². The zero-order valence-electron chi connectivity index (χ0n) is 14.1. The molecule has 142 valence electrons. The van der Waals surface area contributed by atoms with Gasteiger partial charge in [0, 0.05) is 36.8 Å². The molecule has 8 heteroatoms. The molecular weight excluding hydrogens is 364 g/mol. The van der Waals surface area contributed by atoms with Gasteiger partial charge in [-0.2, -0.15) is 0 Å². The molecule has 0 saturated carbocycles. The molecule has 1 heterocycles. The Labute approximate surface area is 152 Å². The molecule has 27 heavy (non-hydrogen) atoms. The minimum atomic E-state index is -0.937. The maximum absolute atomic E-state index is 13.8. The van der Waals surface area contributed by atoms with E-state index < -0.39 is 41.0 Å². The number of piperidine rings is 1. The van der Waals surface area contributed by atoms with Crippen LogP contribution in [0.2, 0.25) is 0 Å². The predicted octanol–water partition coefficient (Wildman–Crippen LogP) is 3.73. The van der Waals surface area contributed by atoms with E-state index in [-0.39, 0.29) is 24.3 Å². The normalized spacial score (nSPS) is 14.9. The third kappa shape index (κ3) is 4.45. The summed E-state index contributed by atoms with van der Waals surface area (Å²) in [7, 11) is 0. The van der Waals surface area contributed by atoms with Crippen molar-refractivity contribution < 1.29 is 27.2 Å². The summed E-state index contributed by atoms with van der Waals surface area (Å²) in [6.07, 6.45) is 0.635. The number of carbonyl (C=O) groups excluding carboxylic acids is 2. The molecule has 0 aliphatic carbocycles. The third-order valence-electron chi connectivity index (χ3n) is 4.44. The minimum Gasteiger partial charge on any atom is -0.339 e. The van der Waals surface area contributed by atoms with Crippen LogP contribution in [0.15, 0.2) is 36.4 Å². The molecule has 1 aliphatic heterocycles. The molecule has 0 bridgehead atoms. The largest absolute Gasteiger partial charge is 0.339 e. The molecule has 0 spiro atoms.